The molecule has 0 aliphatic carbocycles. The third-order valence-corrected chi connectivity index (χ3v) is 7.78. The Hall–Kier alpha value is -5.62. The lowest BCUT2D eigenvalue weighted by molar-refractivity contribution is 0.102. The van der Waals surface area contributed by atoms with Gasteiger partial charge in [-0.2, -0.15) is 0 Å². The molecule has 13 heteroatoms. The summed E-state index contributed by atoms with van der Waals surface area (Å²) in [5, 5.41) is 3.46. The molecular weight excluding hydrogens is 655 g/mol. The quantitative estimate of drug-likeness (QED) is 0.108. The molecule has 0 fully saturated rings. The number of fused-ring (bicyclic) bond motifs is 3. The standard InChI is InChI=1S/C36H32ClFN4O7/c1-3-45-28-13-16-42(23-8-6-22(38)7-9-23)36(44)32(28)35(43)41-26-11-10-24(20-25(26)37)49-29-12-15-40-27-21-30(46-17-5-4-14-39-2)33-34(31(27)29)48-19-18-47-33/h6-16,20-21H,3-5,17-19H2,1-2H3,(H,41,43). The molecular formula is C36H32ClFN4O7. The zero-order valence-electron chi connectivity index (χ0n) is 26.7. The maximum Gasteiger partial charge on any atom is 0.271 e. The lowest BCUT2D eigenvalue weighted by Crippen LogP contribution is -2.29. The average Bonchev–Trinajstić information content (AvgIpc) is 3.10. The van der Waals surface area contributed by atoms with Gasteiger partial charge in [0.25, 0.3) is 11.5 Å². The monoisotopic (exact) mass is 686 g/mol. The summed E-state index contributed by atoms with van der Waals surface area (Å²) < 4.78 is 44.6. The van der Waals surface area contributed by atoms with E-state index in [9.17, 15) is 14.0 Å². The van der Waals surface area contributed by atoms with Crippen molar-refractivity contribution in [3.8, 4) is 40.2 Å². The van der Waals surface area contributed by atoms with E-state index in [0.29, 0.717) is 65.2 Å². The number of aromatic nitrogens is 2. The second-order valence-corrected chi connectivity index (χ2v) is 11.1. The lowest BCUT2D eigenvalue weighted by atomic mass is 10.1. The van der Waals surface area contributed by atoms with Gasteiger partial charge in [0.15, 0.2) is 11.5 Å². The first kappa shape index (κ1) is 33.3. The minimum atomic E-state index is -0.735. The van der Waals surface area contributed by atoms with Crippen molar-refractivity contribution in [2.75, 3.05) is 38.8 Å². The number of halogens is 2. The van der Waals surface area contributed by atoms with Gasteiger partial charge in [-0.15, -0.1) is 0 Å². The molecule has 252 valence electrons. The third-order valence-electron chi connectivity index (χ3n) is 7.46. The highest BCUT2D eigenvalue weighted by atomic mass is 35.5. The van der Waals surface area contributed by atoms with E-state index in [4.69, 9.17) is 35.3 Å². The van der Waals surface area contributed by atoms with Gasteiger partial charge in [0.2, 0.25) is 5.75 Å². The molecule has 1 N–H and O–H groups in total. The molecule has 0 radical (unpaired) electrons. The van der Waals surface area contributed by atoms with E-state index in [-0.39, 0.29) is 28.6 Å². The maximum absolute atomic E-state index is 13.5. The van der Waals surface area contributed by atoms with Gasteiger partial charge in [0, 0.05) is 37.3 Å². The number of pyridine rings is 2. The van der Waals surface area contributed by atoms with Crippen molar-refractivity contribution in [3.63, 3.8) is 0 Å². The summed E-state index contributed by atoms with van der Waals surface area (Å²) in [6.45, 7) is 3.13. The van der Waals surface area contributed by atoms with Crippen molar-refractivity contribution in [3.05, 3.63) is 99.8 Å². The smallest absolute Gasteiger partial charge is 0.271 e. The van der Waals surface area contributed by atoms with E-state index in [1.807, 2.05) is 6.21 Å². The molecule has 1 amide bonds. The molecule has 1 aliphatic heterocycles. The summed E-state index contributed by atoms with van der Waals surface area (Å²) in [6.07, 6.45) is 6.49. The van der Waals surface area contributed by atoms with Gasteiger partial charge in [0.05, 0.1) is 34.8 Å². The molecule has 1 aliphatic rings. The number of amides is 1. The molecule has 0 atom stereocenters. The van der Waals surface area contributed by atoms with Crippen molar-refractivity contribution in [2.24, 2.45) is 4.99 Å². The van der Waals surface area contributed by atoms with Crippen molar-refractivity contribution < 1.29 is 32.9 Å². The van der Waals surface area contributed by atoms with E-state index >= 15 is 0 Å². The van der Waals surface area contributed by atoms with E-state index in [0.717, 1.165) is 12.8 Å². The van der Waals surface area contributed by atoms with Crippen molar-refractivity contribution in [1.82, 2.24) is 9.55 Å². The Morgan fingerprint density at radius 3 is 2.59 bits per heavy atom. The van der Waals surface area contributed by atoms with E-state index in [1.165, 1.54) is 47.2 Å². The minimum Gasteiger partial charge on any atom is -0.493 e. The first-order valence-corrected chi connectivity index (χ1v) is 15.9. The van der Waals surface area contributed by atoms with Crippen LogP contribution in [0.3, 0.4) is 0 Å². The first-order valence-electron chi connectivity index (χ1n) is 15.6. The zero-order chi connectivity index (χ0) is 34.3. The predicted octanol–water partition coefficient (Wildman–Crippen LogP) is 7.25. The fraction of sp³-hybridized carbons (Fsp3) is 0.222. The van der Waals surface area contributed by atoms with Crippen molar-refractivity contribution >= 4 is 40.3 Å². The zero-order valence-corrected chi connectivity index (χ0v) is 27.5. The van der Waals surface area contributed by atoms with Gasteiger partial charge in [-0.1, -0.05) is 11.6 Å². The number of carbonyl (C=O) groups excluding carboxylic acids is 1. The van der Waals surface area contributed by atoms with Gasteiger partial charge < -0.3 is 34.0 Å². The van der Waals surface area contributed by atoms with Crippen LogP contribution in [0.15, 0.2) is 82.8 Å². The predicted molar refractivity (Wildman–Crippen MR) is 185 cm³/mol. The molecule has 0 saturated heterocycles. The van der Waals surface area contributed by atoms with Gasteiger partial charge >= 0.3 is 0 Å². The van der Waals surface area contributed by atoms with Crippen LogP contribution < -0.4 is 34.6 Å². The molecule has 0 spiro atoms. The van der Waals surface area contributed by atoms with Crippen LogP contribution in [0.25, 0.3) is 16.6 Å². The molecule has 3 heterocycles. The third kappa shape index (κ3) is 7.29. The van der Waals surface area contributed by atoms with Crippen LogP contribution in [-0.2, 0) is 0 Å². The van der Waals surface area contributed by atoms with E-state index < -0.39 is 17.3 Å². The normalized spacial score (nSPS) is 12.2. The summed E-state index contributed by atoms with van der Waals surface area (Å²) in [4.78, 5) is 35.5. The first-order chi connectivity index (χ1) is 23.9. The Morgan fingerprint density at radius 2 is 1.84 bits per heavy atom. The van der Waals surface area contributed by atoms with Crippen LogP contribution in [0.5, 0.6) is 34.5 Å². The SMILES string of the molecule is CCOc1ccn(-c2ccc(F)cc2)c(=O)c1C(=O)Nc1ccc(Oc2ccnc3cc(OCCCC=NC)c4c(c23)OCCO4)cc1Cl. The van der Waals surface area contributed by atoms with Gasteiger partial charge in [-0.3, -0.25) is 19.1 Å². The highest BCUT2D eigenvalue weighted by Crippen LogP contribution is 2.48. The fourth-order valence-corrected chi connectivity index (χ4v) is 5.45. The molecule has 3 aromatic carbocycles. The fourth-order valence-electron chi connectivity index (χ4n) is 5.23. The van der Waals surface area contributed by atoms with Crippen molar-refractivity contribution in [1.29, 1.82) is 0 Å². The topological polar surface area (TPSA) is 123 Å². The number of aliphatic imine (C=N–C) groups is 1. The number of rotatable bonds is 12. The van der Waals surface area contributed by atoms with E-state index in [2.05, 4.69) is 15.3 Å². The lowest BCUT2D eigenvalue weighted by Gasteiger charge is -2.23. The second kappa shape index (κ2) is 15.1. The molecule has 11 nitrogen and oxygen atoms in total. The van der Waals surface area contributed by atoms with Gasteiger partial charge in [-0.25, -0.2) is 4.39 Å². The number of hydrogen-bond donors (Lipinski definition) is 1. The molecule has 5 aromatic rings. The number of nitrogens with one attached hydrogen (secondary N) is 1. The molecule has 0 saturated carbocycles. The molecule has 49 heavy (non-hydrogen) atoms. The molecule has 0 unspecified atom stereocenters. The number of hydrogen-bond acceptors (Lipinski definition) is 9. The Balaban J connectivity index is 1.26. The largest absolute Gasteiger partial charge is 0.493 e. The number of unbranched alkanes of at least 4 members (excludes halogenated alkanes) is 1. The molecule has 2 aromatic heterocycles. The number of nitrogens with zero attached hydrogens (tertiary/aromatic N) is 3. The summed E-state index contributed by atoms with van der Waals surface area (Å²) in [7, 11) is 1.74. The summed E-state index contributed by atoms with van der Waals surface area (Å²) >= 11 is 6.62. The maximum atomic E-state index is 13.5. The summed E-state index contributed by atoms with van der Waals surface area (Å²) in [5.41, 5.74) is 0.314. The van der Waals surface area contributed by atoms with Gasteiger partial charge in [-0.05, 0) is 74.5 Å². The Bertz CT molecular complexity index is 2090. The van der Waals surface area contributed by atoms with Crippen LogP contribution >= 0.6 is 11.6 Å². The van der Waals surface area contributed by atoms with Crippen LogP contribution in [0.1, 0.15) is 30.1 Å². The van der Waals surface area contributed by atoms with Crippen LogP contribution in [0, 0.1) is 5.82 Å². The molecule has 6 rings (SSSR count). The number of ether oxygens (including phenoxy) is 5. The highest BCUT2D eigenvalue weighted by Gasteiger charge is 2.25. The number of benzene rings is 3. The van der Waals surface area contributed by atoms with Crippen LogP contribution in [0.2, 0.25) is 5.02 Å². The van der Waals surface area contributed by atoms with E-state index in [1.54, 1.807) is 44.4 Å². The number of anilines is 1. The number of carbonyl (C=O) groups is 1. The summed E-state index contributed by atoms with van der Waals surface area (Å²) in [6, 6.07) is 15.0. The Labute approximate surface area is 285 Å². The Kier molecular flexibility index (Phi) is 10.2. The highest BCUT2D eigenvalue weighted by molar-refractivity contribution is 6.34. The Morgan fingerprint density at radius 1 is 1.04 bits per heavy atom. The van der Waals surface area contributed by atoms with Crippen LogP contribution in [0.4, 0.5) is 10.1 Å². The van der Waals surface area contributed by atoms with Gasteiger partial charge in [0.1, 0.15) is 41.8 Å². The average molecular weight is 687 g/mol. The summed E-state index contributed by atoms with van der Waals surface area (Å²) in [5.74, 6) is 1.18. The minimum absolute atomic E-state index is 0.0954. The molecule has 0 bridgehead atoms. The second-order valence-electron chi connectivity index (χ2n) is 10.7. The van der Waals surface area contributed by atoms with Crippen molar-refractivity contribution in [2.45, 2.75) is 19.8 Å². The van der Waals surface area contributed by atoms with Crippen LogP contribution in [-0.4, -0.2) is 55.1 Å².